The van der Waals surface area contributed by atoms with Crippen LogP contribution < -0.4 is 11.1 Å². The number of nitrogens with one attached hydrogen (secondary N) is 1. The smallest absolute Gasteiger partial charge is 0.410 e. The first-order valence-corrected chi connectivity index (χ1v) is 13.4. The summed E-state index contributed by atoms with van der Waals surface area (Å²) in [6.07, 6.45) is 2.78. The van der Waals surface area contributed by atoms with Gasteiger partial charge in [0.15, 0.2) is 5.54 Å². The minimum atomic E-state index is -1.30. The van der Waals surface area contributed by atoms with Crippen LogP contribution in [0.3, 0.4) is 0 Å². The molecule has 2 amide bonds. The molecule has 1 atom stereocenters. The summed E-state index contributed by atoms with van der Waals surface area (Å²) in [7, 11) is 0. The number of ether oxygens (including phenoxy) is 1. The van der Waals surface area contributed by atoms with Crippen LogP contribution in [-0.4, -0.2) is 50.6 Å². The lowest BCUT2D eigenvalue weighted by atomic mass is 9.88. The Balaban J connectivity index is 1.46. The molecule has 206 valence electrons. The van der Waals surface area contributed by atoms with Crippen molar-refractivity contribution in [3.63, 3.8) is 0 Å². The molecular weight excluding hydrogens is 574 g/mol. The molecule has 3 N–H and O–H groups in total. The van der Waals surface area contributed by atoms with E-state index in [2.05, 4.69) is 31.6 Å². The fourth-order valence-corrected chi connectivity index (χ4v) is 5.14. The van der Waals surface area contributed by atoms with Gasteiger partial charge in [0.1, 0.15) is 22.9 Å². The Morgan fingerprint density at radius 1 is 1.18 bits per heavy atom. The Labute approximate surface area is 232 Å². The van der Waals surface area contributed by atoms with Gasteiger partial charge in [-0.3, -0.25) is 4.79 Å². The zero-order valence-corrected chi connectivity index (χ0v) is 23.3. The lowest BCUT2D eigenvalue weighted by Gasteiger charge is -2.48. The third-order valence-corrected chi connectivity index (χ3v) is 7.29. The summed E-state index contributed by atoms with van der Waals surface area (Å²) in [4.78, 5) is 28.1. The Kier molecular flexibility index (Phi) is 6.86. The van der Waals surface area contributed by atoms with Crippen molar-refractivity contribution in [2.45, 2.75) is 50.8 Å². The van der Waals surface area contributed by atoms with Gasteiger partial charge < -0.3 is 20.7 Å². The van der Waals surface area contributed by atoms with E-state index in [4.69, 9.17) is 10.5 Å². The number of halogens is 3. The van der Waals surface area contributed by atoms with Gasteiger partial charge in [0.25, 0.3) is 5.91 Å². The molecule has 1 aromatic heterocycles. The minimum Gasteiger partial charge on any atom is -0.444 e. The van der Waals surface area contributed by atoms with E-state index in [0.29, 0.717) is 21.3 Å². The van der Waals surface area contributed by atoms with Gasteiger partial charge in [-0.05, 0) is 75.4 Å². The van der Waals surface area contributed by atoms with Crippen LogP contribution in [0.15, 0.2) is 47.1 Å². The number of amides is 2. The number of likely N-dealkylation sites (tertiary alicyclic amines) is 1. The number of hydrogen-bond acceptors (Lipinski definition) is 6. The largest absolute Gasteiger partial charge is 0.444 e. The molecular formula is C27H29BrF2N6O3. The number of aromatic nitrogens is 3. The molecule has 1 saturated heterocycles. The topological polar surface area (TPSA) is 115 Å². The van der Waals surface area contributed by atoms with Gasteiger partial charge in [0.05, 0.1) is 31.0 Å². The zero-order chi connectivity index (χ0) is 28.1. The first-order valence-electron chi connectivity index (χ1n) is 12.6. The first-order chi connectivity index (χ1) is 18.3. The van der Waals surface area contributed by atoms with E-state index in [9.17, 15) is 18.4 Å². The van der Waals surface area contributed by atoms with Crippen LogP contribution in [0.1, 0.15) is 45.2 Å². The summed E-state index contributed by atoms with van der Waals surface area (Å²) in [6.45, 7) is 5.25. The maximum atomic E-state index is 14.2. The third-order valence-electron chi connectivity index (χ3n) is 6.83. The standard InChI is InChI=1S/C27H29BrF2N6O3/c1-26(2,3)39-25(38)35-13-27(14-35,36-12-22(33-34-36)16-6-7-21(31)20(30)10-16)24(37)32-23(15-4-5-15)17-8-18(28)11-19(29)9-17/h6-12,15,23H,4-5,13-14,31H2,1-3H3,(H,32,37). The molecule has 2 aromatic carbocycles. The van der Waals surface area contributed by atoms with E-state index in [0.717, 1.165) is 12.8 Å². The van der Waals surface area contributed by atoms with Crippen LogP contribution >= 0.6 is 15.9 Å². The molecule has 12 heteroatoms. The Hall–Kier alpha value is -3.54. The quantitative estimate of drug-likeness (QED) is 0.392. The summed E-state index contributed by atoms with van der Waals surface area (Å²) in [6, 6.07) is 8.42. The summed E-state index contributed by atoms with van der Waals surface area (Å²) >= 11 is 3.33. The van der Waals surface area contributed by atoms with Gasteiger partial charge in [0, 0.05) is 10.0 Å². The average molecular weight is 603 g/mol. The molecule has 1 unspecified atom stereocenters. The number of nitrogen functional groups attached to an aromatic ring is 1. The second-order valence-corrected chi connectivity index (χ2v) is 12.1. The van der Waals surface area contributed by atoms with Crippen LogP contribution in [0.5, 0.6) is 0 Å². The molecule has 2 aliphatic rings. The summed E-state index contributed by atoms with van der Waals surface area (Å²) in [5, 5.41) is 11.5. The van der Waals surface area contributed by atoms with Crippen molar-refractivity contribution in [2.75, 3.05) is 18.8 Å². The molecule has 1 aliphatic carbocycles. The van der Waals surface area contributed by atoms with E-state index < -0.39 is 34.9 Å². The van der Waals surface area contributed by atoms with E-state index in [-0.39, 0.29) is 30.6 Å². The van der Waals surface area contributed by atoms with E-state index in [1.807, 2.05) is 0 Å². The number of rotatable bonds is 6. The third kappa shape index (κ3) is 5.61. The van der Waals surface area contributed by atoms with E-state index >= 15 is 0 Å². The predicted molar refractivity (Wildman–Crippen MR) is 143 cm³/mol. The Bertz CT molecular complexity index is 1410. The summed E-state index contributed by atoms with van der Waals surface area (Å²) in [5.74, 6) is -1.24. The number of nitrogens with two attached hydrogens (primary N) is 1. The molecule has 3 aromatic rings. The summed E-state index contributed by atoms with van der Waals surface area (Å²) in [5.41, 5.74) is 5.01. The molecule has 1 aliphatic heterocycles. The molecule has 2 fully saturated rings. The van der Waals surface area contributed by atoms with Crippen molar-refractivity contribution in [3.8, 4) is 11.3 Å². The highest BCUT2D eigenvalue weighted by Gasteiger charge is 2.55. The number of nitrogens with zero attached hydrogens (tertiary/aromatic N) is 4. The number of carbonyl (C=O) groups excluding carboxylic acids is 2. The second kappa shape index (κ2) is 9.89. The van der Waals surface area contributed by atoms with Crippen molar-refractivity contribution >= 4 is 33.6 Å². The molecule has 0 radical (unpaired) electrons. The van der Waals surface area contributed by atoms with Crippen LogP contribution in [0, 0.1) is 17.6 Å². The van der Waals surface area contributed by atoms with Gasteiger partial charge >= 0.3 is 6.09 Å². The molecule has 5 rings (SSSR count). The molecule has 1 saturated carbocycles. The average Bonchev–Trinajstić information content (AvgIpc) is 3.53. The van der Waals surface area contributed by atoms with Crippen LogP contribution in [0.2, 0.25) is 0 Å². The van der Waals surface area contributed by atoms with Crippen molar-refractivity contribution in [1.82, 2.24) is 25.2 Å². The van der Waals surface area contributed by atoms with Crippen molar-refractivity contribution in [1.29, 1.82) is 0 Å². The van der Waals surface area contributed by atoms with Crippen molar-refractivity contribution < 1.29 is 23.1 Å². The lowest BCUT2D eigenvalue weighted by Crippen LogP contribution is -2.71. The van der Waals surface area contributed by atoms with Crippen LogP contribution in [-0.2, 0) is 15.1 Å². The highest BCUT2D eigenvalue weighted by Crippen LogP contribution is 2.43. The van der Waals surface area contributed by atoms with Gasteiger partial charge in [-0.15, -0.1) is 5.10 Å². The molecule has 0 bridgehead atoms. The van der Waals surface area contributed by atoms with Crippen LogP contribution in [0.4, 0.5) is 19.3 Å². The number of hydrogen-bond donors (Lipinski definition) is 2. The number of anilines is 1. The highest BCUT2D eigenvalue weighted by molar-refractivity contribution is 9.10. The highest BCUT2D eigenvalue weighted by atomic mass is 79.9. The monoisotopic (exact) mass is 602 g/mol. The minimum absolute atomic E-state index is 0.00379. The SMILES string of the molecule is CC(C)(C)OC(=O)N1CC(C(=O)NC(c2cc(F)cc(Br)c2)C2CC2)(n2cc(-c3ccc(N)c(F)c3)nn2)C1. The van der Waals surface area contributed by atoms with E-state index in [1.165, 1.54) is 33.8 Å². The molecule has 39 heavy (non-hydrogen) atoms. The molecule has 0 spiro atoms. The predicted octanol–water partition coefficient (Wildman–Crippen LogP) is 4.78. The van der Waals surface area contributed by atoms with Gasteiger partial charge in [-0.2, -0.15) is 0 Å². The Morgan fingerprint density at radius 2 is 1.90 bits per heavy atom. The van der Waals surface area contributed by atoms with E-state index in [1.54, 1.807) is 39.1 Å². The first kappa shape index (κ1) is 27.0. The number of benzene rings is 2. The second-order valence-electron chi connectivity index (χ2n) is 11.1. The maximum absolute atomic E-state index is 14.2. The fourth-order valence-electron chi connectivity index (χ4n) is 4.66. The van der Waals surface area contributed by atoms with Gasteiger partial charge in [-0.1, -0.05) is 27.2 Å². The van der Waals surface area contributed by atoms with Crippen LogP contribution in [0.25, 0.3) is 11.3 Å². The molecule has 2 heterocycles. The van der Waals surface area contributed by atoms with Crippen molar-refractivity contribution in [2.24, 2.45) is 5.92 Å². The normalized spacial score (nSPS) is 17.3. The lowest BCUT2D eigenvalue weighted by molar-refractivity contribution is -0.140. The number of carbonyl (C=O) groups is 2. The fraction of sp³-hybridized carbons (Fsp3) is 0.407. The summed E-state index contributed by atoms with van der Waals surface area (Å²) < 4.78 is 35.8. The molecule has 9 nitrogen and oxygen atoms in total. The van der Waals surface area contributed by atoms with Crippen molar-refractivity contribution in [3.05, 3.63) is 64.3 Å². The zero-order valence-electron chi connectivity index (χ0n) is 21.7. The Morgan fingerprint density at radius 3 is 2.51 bits per heavy atom. The van der Waals surface area contributed by atoms with Gasteiger partial charge in [-0.25, -0.2) is 18.3 Å². The maximum Gasteiger partial charge on any atom is 0.410 e. The van der Waals surface area contributed by atoms with Gasteiger partial charge in [0.2, 0.25) is 0 Å².